The van der Waals surface area contributed by atoms with E-state index in [0.29, 0.717) is 5.69 Å². The molecule has 0 radical (unpaired) electrons. The van der Waals surface area contributed by atoms with Crippen LogP contribution in [-0.4, -0.2) is 38.4 Å². The number of aryl methyl sites for hydroxylation is 2. The second-order valence-corrected chi connectivity index (χ2v) is 7.13. The first-order valence-corrected chi connectivity index (χ1v) is 9.05. The maximum atomic E-state index is 12.4. The van der Waals surface area contributed by atoms with Crippen LogP contribution in [-0.2, 0) is 14.8 Å². The molecule has 0 aliphatic rings. The van der Waals surface area contributed by atoms with Crippen LogP contribution in [0.5, 0.6) is 0 Å². The number of aromatic nitrogens is 1. The molecule has 0 spiro atoms. The van der Waals surface area contributed by atoms with E-state index in [0.717, 1.165) is 5.56 Å². The van der Waals surface area contributed by atoms with Gasteiger partial charge in [-0.1, -0.05) is 5.16 Å². The number of aliphatic hydroxyl groups excluding tert-OH is 1. The number of aliphatic hydroxyl groups is 1. The van der Waals surface area contributed by atoms with Gasteiger partial charge in [-0.3, -0.25) is 0 Å². The van der Waals surface area contributed by atoms with Gasteiger partial charge in [-0.2, -0.15) is 11.3 Å². The fourth-order valence-electron chi connectivity index (χ4n) is 2.04. The predicted octanol–water partition coefficient (Wildman–Crippen LogP) is 1.38. The Bertz CT molecular complexity index is 675. The third-order valence-electron chi connectivity index (χ3n) is 3.02. The summed E-state index contributed by atoms with van der Waals surface area (Å²) in [5, 5.41) is 16.3. The summed E-state index contributed by atoms with van der Waals surface area (Å²) >= 11 is 1.49. The zero-order valence-corrected chi connectivity index (χ0v) is 13.9. The van der Waals surface area contributed by atoms with Gasteiger partial charge in [0.25, 0.3) is 0 Å². The third-order valence-corrected chi connectivity index (χ3v) is 5.39. The molecule has 0 aromatic carbocycles. The zero-order chi connectivity index (χ0) is 16.2. The van der Waals surface area contributed by atoms with Crippen molar-refractivity contribution in [2.45, 2.75) is 24.8 Å². The lowest BCUT2D eigenvalue weighted by atomic mass is 10.2. The van der Waals surface area contributed by atoms with E-state index in [2.05, 4.69) is 9.88 Å². The molecule has 2 aromatic rings. The maximum absolute atomic E-state index is 12.4. The minimum atomic E-state index is -3.73. The van der Waals surface area contributed by atoms with Crippen molar-refractivity contribution in [1.82, 2.24) is 9.88 Å². The maximum Gasteiger partial charge on any atom is 0.246 e. The van der Waals surface area contributed by atoms with Crippen LogP contribution in [0.2, 0.25) is 0 Å². The third kappa shape index (κ3) is 3.93. The summed E-state index contributed by atoms with van der Waals surface area (Å²) in [7, 11) is -3.73. The molecule has 122 valence electrons. The molecule has 2 aromatic heterocycles. The van der Waals surface area contributed by atoms with Crippen LogP contribution in [0.1, 0.15) is 23.1 Å². The molecule has 22 heavy (non-hydrogen) atoms. The molecule has 2 rings (SSSR count). The number of hydrogen-bond acceptors (Lipinski definition) is 7. The minimum Gasteiger partial charge on any atom is -0.394 e. The smallest absolute Gasteiger partial charge is 0.246 e. The molecule has 0 aliphatic carbocycles. The average molecular weight is 346 g/mol. The summed E-state index contributed by atoms with van der Waals surface area (Å²) in [4.78, 5) is 0.0544. The van der Waals surface area contributed by atoms with Gasteiger partial charge in [0.05, 0.1) is 19.3 Å². The normalized spacial score (nSPS) is 13.4. The standard InChI is InChI=1S/C13H18N2O5S2/c1-9-13(10(2)20-15-9)22(17,18)14-7-12(19-5-4-16)11-3-6-21-8-11/h3,6,8,12,14,16H,4-5,7H2,1-2H3/t12-/m1/s1. The lowest BCUT2D eigenvalue weighted by Crippen LogP contribution is -2.30. The largest absolute Gasteiger partial charge is 0.394 e. The van der Waals surface area contributed by atoms with E-state index < -0.39 is 16.1 Å². The van der Waals surface area contributed by atoms with Gasteiger partial charge in [0.2, 0.25) is 10.0 Å². The zero-order valence-electron chi connectivity index (χ0n) is 12.3. The summed E-state index contributed by atoms with van der Waals surface area (Å²) in [5.41, 5.74) is 1.17. The summed E-state index contributed by atoms with van der Waals surface area (Å²) in [5.74, 6) is 0.244. The number of hydrogen-bond donors (Lipinski definition) is 2. The highest BCUT2D eigenvalue weighted by molar-refractivity contribution is 7.89. The highest BCUT2D eigenvalue weighted by atomic mass is 32.2. The van der Waals surface area contributed by atoms with Crippen molar-refractivity contribution in [3.05, 3.63) is 33.8 Å². The highest BCUT2D eigenvalue weighted by Crippen LogP contribution is 2.22. The van der Waals surface area contributed by atoms with Crippen molar-refractivity contribution in [1.29, 1.82) is 0 Å². The number of thiophene rings is 1. The van der Waals surface area contributed by atoms with Crippen LogP contribution in [0, 0.1) is 13.8 Å². The van der Waals surface area contributed by atoms with E-state index >= 15 is 0 Å². The number of sulfonamides is 1. The summed E-state index contributed by atoms with van der Waals surface area (Å²) in [6.07, 6.45) is -0.464. The molecule has 9 heteroatoms. The molecule has 0 unspecified atom stereocenters. The molecular weight excluding hydrogens is 328 g/mol. The van der Waals surface area contributed by atoms with Crippen LogP contribution in [0.15, 0.2) is 26.2 Å². The molecule has 2 heterocycles. The van der Waals surface area contributed by atoms with E-state index in [-0.39, 0.29) is 30.4 Å². The van der Waals surface area contributed by atoms with Gasteiger partial charge in [0.1, 0.15) is 10.6 Å². The molecule has 0 saturated heterocycles. The van der Waals surface area contributed by atoms with Gasteiger partial charge < -0.3 is 14.4 Å². The topological polar surface area (TPSA) is 102 Å². The van der Waals surface area contributed by atoms with Crippen molar-refractivity contribution in [2.24, 2.45) is 0 Å². The van der Waals surface area contributed by atoms with Crippen molar-refractivity contribution in [2.75, 3.05) is 19.8 Å². The lowest BCUT2D eigenvalue weighted by Gasteiger charge is -2.17. The molecule has 2 N–H and O–H groups in total. The molecule has 1 atom stereocenters. The summed E-state index contributed by atoms with van der Waals surface area (Å²) < 4.78 is 37.6. The van der Waals surface area contributed by atoms with E-state index in [4.69, 9.17) is 14.4 Å². The lowest BCUT2D eigenvalue weighted by molar-refractivity contribution is 0.0311. The van der Waals surface area contributed by atoms with Crippen molar-refractivity contribution < 1.29 is 22.8 Å². The van der Waals surface area contributed by atoms with Gasteiger partial charge in [-0.25, -0.2) is 13.1 Å². The van der Waals surface area contributed by atoms with E-state index in [1.165, 1.54) is 11.3 Å². The fourth-order valence-corrected chi connectivity index (χ4v) is 4.10. The van der Waals surface area contributed by atoms with Crippen LogP contribution in [0.3, 0.4) is 0 Å². The number of nitrogens with one attached hydrogen (secondary N) is 1. The Morgan fingerprint density at radius 1 is 1.50 bits per heavy atom. The van der Waals surface area contributed by atoms with E-state index in [9.17, 15) is 8.42 Å². The first-order valence-electron chi connectivity index (χ1n) is 6.63. The summed E-state index contributed by atoms with van der Waals surface area (Å²) in [6.45, 7) is 3.19. The van der Waals surface area contributed by atoms with Crippen LogP contribution in [0.25, 0.3) is 0 Å². The van der Waals surface area contributed by atoms with Crippen LogP contribution in [0.4, 0.5) is 0 Å². The second kappa shape index (κ2) is 7.34. The average Bonchev–Trinajstić information content (AvgIpc) is 3.09. The fraction of sp³-hybridized carbons (Fsp3) is 0.462. The Kier molecular flexibility index (Phi) is 5.70. The van der Waals surface area contributed by atoms with E-state index in [1.807, 2.05) is 16.8 Å². The predicted molar refractivity (Wildman–Crippen MR) is 81.3 cm³/mol. The quantitative estimate of drug-likeness (QED) is 0.749. The highest BCUT2D eigenvalue weighted by Gasteiger charge is 2.25. The number of nitrogens with zero attached hydrogens (tertiary/aromatic N) is 1. The van der Waals surface area contributed by atoms with E-state index in [1.54, 1.807) is 13.8 Å². The van der Waals surface area contributed by atoms with Crippen LogP contribution >= 0.6 is 11.3 Å². The Morgan fingerprint density at radius 3 is 2.82 bits per heavy atom. The van der Waals surface area contributed by atoms with Crippen molar-refractivity contribution in [3.63, 3.8) is 0 Å². The molecule has 0 bridgehead atoms. The van der Waals surface area contributed by atoms with Gasteiger partial charge in [-0.05, 0) is 36.2 Å². The SMILES string of the molecule is Cc1noc(C)c1S(=O)(=O)NC[C@@H](OCCO)c1ccsc1. The number of rotatable bonds is 8. The molecule has 0 saturated carbocycles. The van der Waals surface area contributed by atoms with Gasteiger partial charge >= 0.3 is 0 Å². The Hall–Kier alpha value is -1.26. The second-order valence-electron chi connectivity index (χ2n) is 4.64. The Labute approximate surface area is 133 Å². The van der Waals surface area contributed by atoms with Crippen LogP contribution < -0.4 is 4.72 Å². The molecule has 0 aliphatic heterocycles. The molecule has 7 nitrogen and oxygen atoms in total. The van der Waals surface area contributed by atoms with Crippen molar-refractivity contribution in [3.8, 4) is 0 Å². The van der Waals surface area contributed by atoms with Gasteiger partial charge in [-0.15, -0.1) is 0 Å². The molecular formula is C13H18N2O5S2. The monoisotopic (exact) mass is 346 g/mol. The first-order chi connectivity index (χ1) is 10.5. The Morgan fingerprint density at radius 2 is 2.27 bits per heavy atom. The van der Waals surface area contributed by atoms with Gasteiger partial charge in [0.15, 0.2) is 5.76 Å². The summed E-state index contributed by atoms with van der Waals surface area (Å²) in [6, 6.07) is 1.86. The molecule has 0 fully saturated rings. The Balaban J connectivity index is 2.11. The van der Waals surface area contributed by atoms with Gasteiger partial charge in [0, 0.05) is 6.54 Å². The first kappa shape index (κ1) is 17.1. The molecule has 0 amide bonds. The minimum absolute atomic E-state index is 0.0544. The number of ether oxygens (including phenoxy) is 1. The van der Waals surface area contributed by atoms with Crippen molar-refractivity contribution >= 4 is 21.4 Å².